The number of hydrogen-bond acceptors (Lipinski definition) is 4. The maximum Gasteiger partial charge on any atom is 0.119 e. The molecule has 2 atom stereocenters. The first kappa shape index (κ1) is 16.2. The molecule has 0 aliphatic rings. The summed E-state index contributed by atoms with van der Waals surface area (Å²) in [5.74, 6) is 1.43. The summed E-state index contributed by atoms with van der Waals surface area (Å²) in [6.07, 6.45) is 0.169. The van der Waals surface area contributed by atoms with Crippen molar-refractivity contribution < 1.29 is 8.95 Å². The Morgan fingerprint density at radius 2 is 1.95 bits per heavy atom. The Bertz CT molecular complexity index is 564. The Balaban J connectivity index is 2.05. The minimum atomic E-state index is -0.972. The van der Waals surface area contributed by atoms with E-state index >= 15 is 0 Å². The Morgan fingerprint density at radius 3 is 2.48 bits per heavy atom. The number of nitrogens with one attached hydrogen (secondary N) is 1. The molecule has 0 amide bonds. The van der Waals surface area contributed by atoms with Crippen LogP contribution in [0.15, 0.2) is 46.0 Å². The molecule has 1 heterocycles. The first-order chi connectivity index (χ1) is 10.1. The first-order valence-electron chi connectivity index (χ1n) is 6.96. The van der Waals surface area contributed by atoms with Gasteiger partial charge in [-0.1, -0.05) is 18.2 Å². The molecule has 0 bridgehead atoms. The SMILES string of the molecule is CNC(CS(=O)c1cccs1)c1ccc(OC(C)C)cc1. The van der Waals surface area contributed by atoms with Gasteiger partial charge in [-0.15, -0.1) is 11.3 Å². The molecule has 114 valence electrons. The standard InChI is InChI=1S/C16H21NO2S2/c1-12(2)19-14-8-6-13(7-9-14)15(17-3)11-21(18)16-5-4-10-20-16/h4-10,12,15,17H,11H2,1-3H3. The zero-order valence-corrected chi connectivity index (χ0v) is 14.2. The van der Waals surface area contributed by atoms with Gasteiger partial charge in [0.1, 0.15) is 5.75 Å². The molecule has 0 saturated carbocycles. The number of rotatable bonds is 7. The molecule has 2 rings (SSSR count). The highest BCUT2D eigenvalue weighted by atomic mass is 32.2. The Hall–Kier alpha value is -1.17. The van der Waals surface area contributed by atoms with Crippen molar-refractivity contribution in [1.82, 2.24) is 5.32 Å². The second-order valence-electron chi connectivity index (χ2n) is 5.02. The lowest BCUT2D eigenvalue weighted by Gasteiger charge is -2.17. The van der Waals surface area contributed by atoms with Crippen molar-refractivity contribution >= 4 is 22.1 Å². The van der Waals surface area contributed by atoms with Crippen LogP contribution in [0.25, 0.3) is 0 Å². The van der Waals surface area contributed by atoms with E-state index in [1.54, 1.807) is 11.3 Å². The largest absolute Gasteiger partial charge is 0.491 e. The van der Waals surface area contributed by atoms with Crippen molar-refractivity contribution in [2.45, 2.75) is 30.2 Å². The van der Waals surface area contributed by atoms with Crippen LogP contribution in [-0.4, -0.2) is 23.1 Å². The molecule has 0 aliphatic heterocycles. The monoisotopic (exact) mass is 323 g/mol. The van der Waals surface area contributed by atoms with E-state index in [0.29, 0.717) is 5.75 Å². The molecular weight excluding hydrogens is 302 g/mol. The van der Waals surface area contributed by atoms with Gasteiger partial charge >= 0.3 is 0 Å². The van der Waals surface area contributed by atoms with Crippen molar-refractivity contribution in [2.75, 3.05) is 12.8 Å². The molecule has 0 fully saturated rings. The highest BCUT2D eigenvalue weighted by Crippen LogP contribution is 2.22. The lowest BCUT2D eigenvalue weighted by molar-refractivity contribution is 0.242. The van der Waals surface area contributed by atoms with Gasteiger partial charge in [0.15, 0.2) is 0 Å². The number of benzene rings is 1. The van der Waals surface area contributed by atoms with Crippen molar-refractivity contribution in [3.05, 3.63) is 47.3 Å². The van der Waals surface area contributed by atoms with Gasteiger partial charge in [0.05, 0.1) is 21.1 Å². The number of thiophene rings is 1. The van der Waals surface area contributed by atoms with Crippen molar-refractivity contribution in [2.24, 2.45) is 0 Å². The fourth-order valence-corrected chi connectivity index (χ4v) is 4.33. The Morgan fingerprint density at radius 1 is 1.24 bits per heavy atom. The van der Waals surface area contributed by atoms with Crippen LogP contribution in [0, 0.1) is 0 Å². The molecule has 1 aromatic heterocycles. The number of ether oxygens (including phenoxy) is 1. The summed E-state index contributed by atoms with van der Waals surface area (Å²) in [6, 6.07) is 11.9. The van der Waals surface area contributed by atoms with Gasteiger partial charge in [-0.25, -0.2) is 0 Å². The Labute approximate surface area is 132 Å². The lowest BCUT2D eigenvalue weighted by Crippen LogP contribution is -2.22. The smallest absolute Gasteiger partial charge is 0.119 e. The number of hydrogen-bond donors (Lipinski definition) is 1. The Kier molecular flexibility index (Phi) is 5.96. The van der Waals surface area contributed by atoms with Gasteiger partial charge in [0.25, 0.3) is 0 Å². The minimum absolute atomic E-state index is 0.0704. The van der Waals surface area contributed by atoms with Crippen molar-refractivity contribution in [3.8, 4) is 5.75 Å². The third-order valence-corrected chi connectivity index (χ3v) is 5.77. The summed E-state index contributed by atoms with van der Waals surface area (Å²) < 4.78 is 18.9. The van der Waals surface area contributed by atoms with Crippen LogP contribution in [0.5, 0.6) is 5.75 Å². The van der Waals surface area contributed by atoms with Crippen LogP contribution in [-0.2, 0) is 10.8 Å². The van der Waals surface area contributed by atoms with Gasteiger partial charge in [0.2, 0.25) is 0 Å². The van der Waals surface area contributed by atoms with E-state index < -0.39 is 10.8 Å². The fourth-order valence-electron chi connectivity index (χ4n) is 2.02. The highest BCUT2D eigenvalue weighted by molar-refractivity contribution is 7.87. The van der Waals surface area contributed by atoms with Crippen LogP contribution < -0.4 is 10.1 Å². The normalized spacial score (nSPS) is 14.1. The highest BCUT2D eigenvalue weighted by Gasteiger charge is 2.15. The zero-order valence-electron chi connectivity index (χ0n) is 12.5. The molecule has 0 radical (unpaired) electrons. The molecule has 2 aromatic rings. The zero-order chi connectivity index (χ0) is 15.2. The van der Waals surface area contributed by atoms with Crippen molar-refractivity contribution in [3.63, 3.8) is 0 Å². The molecule has 21 heavy (non-hydrogen) atoms. The van der Waals surface area contributed by atoms with Gasteiger partial charge in [0, 0.05) is 11.8 Å². The maximum atomic E-state index is 12.3. The summed E-state index contributed by atoms with van der Waals surface area (Å²) in [5.41, 5.74) is 1.12. The molecule has 0 spiro atoms. The van der Waals surface area contributed by atoms with Crippen LogP contribution in [0.2, 0.25) is 0 Å². The van der Waals surface area contributed by atoms with Crippen LogP contribution in [0.1, 0.15) is 25.5 Å². The summed E-state index contributed by atoms with van der Waals surface area (Å²) in [4.78, 5) is 0. The molecule has 5 heteroatoms. The van der Waals surface area contributed by atoms with E-state index in [1.165, 1.54) is 0 Å². The second kappa shape index (κ2) is 7.73. The summed E-state index contributed by atoms with van der Waals surface area (Å²) in [5, 5.41) is 5.20. The van der Waals surface area contributed by atoms with Gasteiger partial charge < -0.3 is 10.1 Å². The average Bonchev–Trinajstić information content (AvgIpc) is 2.99. The molecule has 1 N–H and O–H groups in total. The van der Waals surface area contributed by atoms with E-state index in [2.05, 4.69) is 5.32 Å². The first-order valence-corrected chi connectivity index (χ1v) is 9.15. The average molecular weight is 323 g/mol. The van der Waals surface area contributed by atoms with Gasteiger partial charge in [-0.3, -0.25) is 4.21 Å². The molecule has 3 nitrogen and oxygen atoms in total. The molecule has 1 aromatic carbocycles. The topological polar surface area (TPSA) is 38.3 Å². The molecule has 0 saturated heterocycles. The van der Waals surface area contributed by atoms with E-state index in [-0.39, 0.29) is 12.1 Å². The third-order valence-electron chi connectivity index (χ3n) is 3.04. The lowest BCUT2D eigenvalue weighted by atomic mass is 10.1. The van der Waals surface area contributed by atoms with Crippen LogP contribution >= 0.6 is 11.3 Å². The summed E-state index contributed by atoms with van der Waals surface area (Å²) >= 11 is 1.54. The van der Waals surface area contributed by atoms with Gasteiger partial charge in [-0.2, -0.15) is 0 Å². The predicted molar refractivity (Wildman–Crippen MR) is 89.6 cm³/mol. The molecule has 2 unspecified atom stereocenters. The molecular formula is C16H21NO2S2. The van der Waals surface area contributed by atoms with Crippen LogP contribution in [0.3, 0.4) is 0 Å². The molecule has 0 aliphatic carbocycles. The maximum absolute atomic E-state index is 12.3. The minimum Gasteiger partial charge on any atom is -0.491 e. The fraction of sp³-hybridized carbons (Fsp3) is 0.375. The summed E-state index contributed by atoms with van der Waals surface area (Å²) in [6.45, 7) is 4.02. The van der Waals surface area contributed by atoms with Crippen LogP contribution in [0.4, 0.5) is 0 Å². The second-order valence-corrected chi connectivity index (χ2v) is 7.69. The quantitative estimate of drug-likeness (QED) is 0.846. The van der Waals surface area contributed by atoms with E-state index in [4.69, 9.17) is 4.74 Å². The van der Waals surface area contributed by atoms with Crippen molar-refractivity contribution in [1.29, 1.82) is 0 Å². The predicted octanol–water partition coefficient (Wildman–Crippen LogP) is 3.60. The third kappa shape index (κ3) is 4.66. The van der Waals surface area contributed by atoms with E-state index in [0.717, 1.165) is 15.5 Å². The van der Waals surface area contributed by atoms with E-state index in [9.17, 15) is 4.21 Å². The van der Waals surface area contributed by atoms with E-state index in [1.807, 2.05) is 62.7 Å². The summed E-state index contributed by atoms with van der Waals surface area (Å²) in [7, 11) is 0.925. The van der Waals surface area contributed by atoms with Gasteiger partial charge in [-0.05, 0) is 50.0 Å².